The first kappa shape index (κ1) is 11.0. The molecule has 0 spiro atoms. The molecule has 7 nitrogen and oxygen atoms in total. The molecule has 1 atom stereocenters. The van der Waals surface area contributed by atoms with Crippen LogP contribution >= 0.6 is 0 Å². The lowest BCUT2D eigenvalue weighted by molar-refractivity contribution is -0.142. The molecular formula is C9H14N4O3. The number of hydrogen-bond donors (Lipinski definition) is 2. The summed E-state index contributed by atoms with van der Waals surface area (Å²) in [4.78, 5) is 16.9. The molecule has 2 rings (SSSR count). The molecule has 0 aliphatic carbocycles. The lowest BCUT2D eigenvalue weighted by atomic mass is 10.0. The molecule has 16 heavy (non-hydrogen) atoms. The van der Waals surface area contributed by atoms with Crippen LogP contribution < -0.4 is 5.73 Å². The smallest absolute Gasteiger partial charge is 0.325 e. The third kappa shape index (κ3) is 2.05. The van der Waals surface area contributed by atoms with E-state index in [4.69, 9.17) is 15.4 Å². The Balaban J connectivity index is 1.97. The molecule has 1 aliphatic heterocycles. The van der Waals surface area contributed by atoms with Crippen LogP contribution in [-0.4, -0.2) is 44.7 Å². The SMILES string of the molecule is Cc1nc(CN2CCC(N)(C(=O)O)C2)no1. The molecule has 2 heterocycles. The first-order valence-corrected chi connectivity index (χ1v) is 5.03. The van der Waals surface area contributed by atoms with Crippen molar-refractivity contribution in [3.05, 3.63) is 11.7 Å². The van der Waals surface area contributed by atoms with Crippen LogP contribution in [0.4, 0.5) is 0 Å². The molecule has 0 saturated carbocycles. The maximum atomic E-state index is 10.9. The largest absolute Gasteiger partial charge is 0.480 e. The van der Waals surface area contributed by atoms with Crippen molar-refractivity contribution < 1.29 is 14.4 Å². The molecule has 88 valence electrons. The molecule has 3 N–H and O–H groups in total. The summed E-state index contributed by atoms with van der Waals surface area (Å²) in [6.07, 6.45) is 0.444. The van der Waals surface area contributed by atoms with Gasteiger partial charge in [-0.15, -0.1) is 0 Å². The zero-order valence-electron chi connectivity index (χ0n) is 9.01. The second kappa shape index (κ2) is 3.84. The van der Waals surface area contributed by atoms with Gasteiger partial charge in [-0.1, -0.05) is 5.16 Å². The molecule has 1 aromatic rings. The van der Waals surface area contributed by atoms with Crippen molar-refractivity contribution in [2.45, 2.75) is 25.4 Å². The van der Waals surface area contributed by atoms with E-state index in [1.807, 2.05) is 4.90 Å². The van der Waals surface area contributed by atoms with E-state index in [1.54, 1.807) is 6.92 Å². The lowest BCUT2D eigenvalue weighted by Gasteiger charge is -2.18. The van der Waals surface area contributed by atoms with Gasteiger partial charge in [0, 0.05) is 20.0 Å². The highest BCUT2D eigenvalue weighted by molar-refractivity contribution is 5.79. The van der Waals surface area contributed by atoms with Crippen LogP contribution in [0.25, 0.3) is 0 Å². The van der Waals surface area contributed by atoms with Gasteiger partial charge >= 0.3 is 5.97 Å². The Morgan fingerprint density at radius 1 is 1.75 bits per heavy atom. The first-order valence-electron chi connectivity index (χ1n) is 5.03. The fourth-order valence-electron chi connectivity index (χ4n) is 1.83. The fourth-order valence-corrected chi connectivity index (χ4v) is 1.83. The molecule has 1 saturated heterocycles. The Hall–Kier alpha value is -1.47. The van der Waals surface area contributed by atoms with Gasteiger partial charge in [-0.3, -0.25) is 9.69 Å². The highest BCUT2D eigenvalue weighted by Gasteiger charge is 2.41. The van der Waals surface area contributed by atoms with Gasteiger partial charge in [-0.05, 0) is 6.42 Å². The Bertz CT molecular complexity index is 405. The molecular weight excluding hydrogens is 212 g/mol. The average Bonchev–Trinajstić information content (AvgIpc) is 2.75. The number of nitrogens with two attached hydrogens (primary N) is 1. The molecule has 1 fully saturated rings. The average molecular weight is 226 g/mol. The number of carbonyl (C=O) groups is 1. The van der Waals surface area contributed by atoms with Crippen molar-refractivity contribution in [3.8, 4) is 0 Å². The van der Waals surface area contributed by atoms with Gasteiger partial charge in [-0.2, -0.15) is 4.98 Å². The highest BCUT2D eigenvalue weighted by Crippen LogP contribution is 2.20. The summed E-state index contributed by atoms with van der Waals surface area (Å²) < 4.78 is 4.84. The van der Waals surface area contributed by atoms with Crippen LogP contribution in [0.5, 0.6) is 0 Å². The van der Waals surface area contributed by atoms with Crippen molar-refractivity contribution in [2.24, 2.45) is 5.73 Å². The predicted octanol–water partition coefficient (Wildman–Crippen LogP) is -0.634. The minimum Gasteiger partial charge on any atom is -0.480 e. The van der Waals surface area contributed by atoms with E-state index in [-0.39, 0.29) is 0 Å². The maximum absolute atomic E-state index is 10.9. The summed E-state index contributed by atoms with van der Waals surface area (Å²) in [6.45, 7) is 3.14. The molecule has 7 heteroatoms. The summed E-state index contributed by atoms with van der Waals surface area (Å²) >= 11 is 0. The standard InChI is InChI=1S/C9H14N4O3/c1-6-11-7(12-16-6)4-13-3-2-9(10,5-13)8(14)15/h2-5,10H2,1H3,(H,14,15). The number of aromatic nitrogens is 2. The summed E-state index contributed by atoms with van der Waals surface area (Å²) in [6, 6.07) is 0. The van der Waals surface area contributed by atoms with Crippen molar-refractivity contribution in [1.82, 2.24) is 15.0 Å². The number of aryl methyl sites for hydroxylation is 1. The maximum Gasteiger partial charge on any atom is 0.325 e. The van der Waals surface area contributed by atoms with E-state index in [1.165, 1.54) is 0 Å². The normalized spacial score (nSPS) is 26.1. The third-order valence-corrected chi connectivity index (χ3v) is 2.74. The molecule has 0 amide bonds. The van der Waals surface area contributed by atoms with Gasteiger partial charge in [0.25, 0.3) is 0 Å². The van der Waals surface area contributed by atoms with Crippen LogP contribution in [0.15, 0.2) is 4.52 Å². The van der Waals surface area contributed by atoms with Crippen molar-refractivity contribution in [1.29, 1.82) is 0 Å². The number of rotatable bonds is 3. The molecule has 1 unspecified atom stereocenters. The zero-order valence-corrected chi connectivity index (χ0v) is 9.01. The minimum absolute atomic E-state index is 0.315. The Morgan fingerprint density at radius 2 is 2.50 bits per heavy atom. The monoisotopic (exact) mass is 226 g/mol. The molecule has 0 aromatic carbocycles. The van der Waals surface area contributed by atoms with E-state index in [2.05, 4.69) is 10.1 Å². The summed E-state index contributed by atoms with van der Waals surface area (Å²) in [7, 11) is 0. The van der Waals surface area contributed by atoms with Crippen LogP contribution in [0.3, 0.4) is 0 Å². The Labute approximate surface area is 92.2 Å². The number of likely N-dealkylation sites (tertiary alicyclic amines) is 1. The molecule has 1 aromatic heterocycles. The highest BCUT2D eigenvalue weighted by atomic mass is 16.5. The summed E-state index contributed by atoms with van der Waals surface area (Å²) in [5, 5.41) is 12.7. The van der Waals surface area contributed by atoms with Crippen LogP contribution in [0, 0.1) is 6.92 Å². The summed E-state index contributed by atoms with van der Waals surface area (Å²) in [5.74, 6) is 0.109. The molecule has 1 aliphatic rings. The summed E-state index contributed by atoms with van der Waals surface area (Å²) in [5.41, 5.74) is 4.61. The quantitative estimate of drug-likeness (QED) is 0.706. The second-order valence-corrected chi connectivity index (χ2v) is 4.15. The van der Waals surface area contributed by atoms with Crippen LogP contribution in [-0.2, 0) is 11.3 Å². The predicted molar refractivity (Wildman–Crippen MR) is 53.5 cm³/mol. The van der Waals surface area contributed by atoms with Crippen LogP contribution in [0.1, 0.15) is 18.1 Å². The number of hydrogen-bond acceptors (Lipinski definition) is 6. The molecule has 0 radical (unpaired) electrons. The van der Waals surface area contributed by atoms with E-state index in [9.17, 15) is 4.79 Å². The lowest BCUT2D eigenvalue weighted by Crippen LogP contribution is -2.50. The van der Waals surface area contributed by atoms with E-state index in [0.29, 0.717) is 37.8 Å². The number of carboxylic acid groups (broad SMARTS) is 1. The topological polar surface area (TPSA) is 105 Å². The number of aliphatic carboxylic acids is 1. The number of carboxylic acids is 1. The Morgan fingerprint density at radius 3 is 3.00 bits per heavy atom. The van der Waals surface area contributed by atoms with Crippen molar-refractivity contribution in [2.75, 3.05) is 13.1 Å². The third-order valence-electron chi connectivity index (χ3n) is 2.74. The van der Waals surface area contributed by atoms with E-state index < -0.39 is 11.5 Å². The fraction of sp³-hybridized carbons (Fsp3) is 0.667. The first-order chi connectivity index (χ1) is 7.49. The second-order valence-electron chi connectivity index (χ2n) is 4.15. The van der Waals surface area contributed by atoms with Gasteiger partial charge in [0.2, 0.25) is 5.89 Å². The van der Waals surface area contributed by atoms with Gasteiger partial charge < -0.3 is 15.4 Å². The van der Waals surface area contributed by atoms with Gasteiger partial charge in [0.15, 0.2) is 5.82 Å². The van der Waals surface area contributed by atoms with E-state index in [0.717, 1.165) is 0 Å². The van der Waals surface area contributed by atoms with Gasteiger partial charge in [0.1, 0.15) is 5.54 Å². The van der Waals surface area contributed by atoms with Crippen molar-refractivity contribution >= 4 is 5.97 Å². The zero-order chi connectivity index (χ0) is 11.8. The van der Waals surface area contributed by atoms with Gasteiger partial charge in [0.05, 0.1) is 6.54 Å². The molecule has 0 bridgehead atoms. The van der Waals surface area contributed by atoms with Crippen LogP contribution in [0.2, 0.25) is 0 Å². The van der Waals surface area contributed by atoms with E-state index >= 15 is 0 Å². The number of nitrogens with zero attached hydrogens (tertiary/aromatic N) is 3. The minimum atomic E-state index is -1.14. The van der Waals surface area contributed by atoms with Crippen molar-refractivity contribution in [3.63, 3.8) is 0 Å². The van der Waals surface area contributed by atoms with Gasteiger partial charge in [-0.25, -0.2) is 0 Å². The Kier molecular flexibility index (Phi) is 2.64.